The van der Waals surface area contributed by atoms with Gasteiger partial charge in [-0.1, -0.05) is 55.5 Å². The number of nitrogens with zero attached hydrogens (tertiary/aromatic N) is 1. The summed E-state index contributed by atoms with van der Waals surface area (Å²) in [5, 5.41) is 11.9. The molecule has 0 saturated heterocycles. The normalized spacial score (nSPS) is 18.4. The van der Waals surface area contributed by atoms with E-state index in [0.29, 0.717) is 32.0 Å². The zero-order valence-electron chi connectivity index (χ0n) is 19.5. The first kappa shape index (κ1) is 23.8. The number of carboxylic acids is 1. The van der Waals surface area contributed by atoms with Gasteiger partial charge in [0.05, 0.1) is 0 Å². The van der Waals surface area contributed by atoms with E-state index < -0.39 is 12.1 Å². The molecule has 0 spiro atoms. The number of ether oxygens (including phenoxy) is 1. The highest BCUT2D eigenvalue weighted by Crippen LogP contribution is 2.44. The molecule has 0 atom stereocenters. The maximum Gasteiger partial charge on any atom is 0.407 e. The van der Waals surface area contributed by atoms with Crippen LogP contribution in [0.5, 0.6) is 0 Å². The predicted molar refractivity (Wildman–Crippen MR) is 128 cm³/mol. The Morgan fingerprint density at radius 3 is 2.21 bits per heavy atom. The van der Waals surface area contributed by atoms with E-state index in [2.05, 4.69) is 29.6 Å². The lowest BCUT2D eigenvalue weighted by Crippen LogP contribution is -2.41. The van der Waals surface area contributed by atoms with Crippen molar-refractivity contribution >= 4 is 18.0 Å². The summed E-state index contributed by atoms with van der Waals surface area (Å²) in [6.45, 7) is 2.96. The molecular formula is C27H32N2O5. The van der Waals surface area contributed by atoms with E-state index in [1.165, 1.54) is 27.2 Å². The fourth-order valence-electron chi connectivity index (χ4n) is 5.19. The number of hydrogen-bond acceptors (Lipinski definition) is 4. The van der Waals surface area contributed by atoms with Crippen LogP contribution in [0.4, 0.5) is 4.79 Å². The predicted octanol–water partition coefficient (Wildman–Crippen LogP) is 4.26. The summed E-state index contributed by atoms with van der Waals surface area (Å²) in [5.41, 5.74) is 4.76. The summed E-state index contributed by atoms with van der Waals surface area (Å²) in [6, 6.07) is 16.5. The zero-order chi connectivity index (χ0) is 24.1. The van der Waals surface area contributed by atoms with Crippen LogP contribution in [0, 0.1) is 11.8 Å². The summed E-state index contributed by atoms with van der Waals surface area (Å²) < 4.78 is 5.58. The van der Waals surface area contributed by atoms with Crippen LogP contribution in [-0.2, 0) is 14.3 Å². The number of aliphatic carboxylic acids is 1. The molecule has 1 fully saturated rings. The summed E-state index contributed by atoms with van der Waals surface area (Å²) in [5.74, 6) is -0.487. The minimum atomic E-state index is -0.986. The maximum atomic E-state index is 12.4. The van der Waals surface area contributed by atoms with Gasteiger partial charge in [0.25, 0.3) is 0 Å². The standard InChI is InChI=1S/C27H32N2O5/c1-2-11-29(16-26(31)32)25(30)14-18-12-19(13-18)15-28-27(33)34-17-24-22-9-5-3-7-20(22)21-8-4-6-10-23(21)24/h3-10,18-19,24H,2,11-17H2,1H3,(H,28,33)(H,31,32). The van der Waals surface area contributed by atoms with Crippen molar-refractivity contribution in [3.05, 3.63) is 59.7 Å². The van der Waals surface area contributed by atoms with Gasteiger partial charge in [-0.15, -0.1) is 0 Å². The number of fused-ring (bicyclic) bond motifs is 3. The third-order valence-electron chi connectivity index (χ3n) is 6.85. The minimum absolute atomic E-state index is 0.0362. The number of benzene rings is 2. The molecule has 4 rings (SSSR count). The van der Waals surface area contributed by atoms with Gasteiger partial charge in [-0.2, -0.15) is 0 Å². The fraction of sp³-hybridized carbons (Fsp3) is 0.444. The second-order valence-corrected chi connectivity index (χ2v) is 9.32. The zero-order valence-corrected chi connectivity index (χ0v) is 19.5. The Morgan fingerprint density at radius 2 is 1.62 bits per heavy atom. The first-order chi connectivity index (χ1) is 16.5. The highest BCUT2D eigenvalue weighted by Gasteiger charge is 2.33. The Balaban J connectivity index is 1.19. The molecule has 0 unspecified atom stereocenters. The van der Waals surface area contributed by atoms with E-state index in [-0.39, 0.29) is 24.3 Å². The van der Waals surface area contributed by atoms with Crippen molar-refractivity contribution in [2.24, 2.45) is 11.8 Å². The number of carbonyl (C=O) groups excluding carboxylic acids is 2. The van der Waals surface area contributed by atoms with Crippen molar-refractivity contribution < 1.29 is 24.2 Å². The molecule has 180 valence electrons. The van der Waals surface area contributed by atoms with Gasteiger partial charge in [0.15, 0.2) is 0 Å². The molecule has 0 bridgehead atoms. The molecule has 34 heavy (non-hydrogen) atoms. The smallest absolute Gasteiger partial charge is 0.407 e. The van der Waals surface area contributed by atoms with Crippen molar-refractivity contribution in [1.29, 1.82) is 0 Å². The third kappa shape index (κ3) is 5.41. The van der Waals surface area contributed by atoms with Crippen LogP contribution in [0.25, 0.3) is 11.1 Å². The average molecular weight is 465 g/mol. The Labute approximate surface area is 200 Å². The van der Waals surface area contributed by atoms with Gasteiger partial charge >= 0.3 is 12.1 Å². The van der Waals surface area contributed by atoms with E-state index in [9.17, 15) is 14.4 Å². The summed E-state index contributed by atoms with van der Waals surface area (Å²) in [7, 11) is 0. The molecular weight excluding hydrogens is 432 g/mol. The molecule has 2 N–H and O–H groups in total. The molecule has 0 aliphatic heterocycles. The van der Waals surface area contributed by atoms with Crippen molar-refractivity contribution in [1.82, 2.24) is 10.2 Å². The Hall–Kier alpha value is -3.35. The highest BCUT2D eigenvalue weighted by molar-refractivity contribution is 5.81. The van der Waals surface area contributed by atoms with Crippen molar-refractivity contribution in [2.75, 3.05) is 26.2 Å². The molecule has 0 heterocycles. The molecule has 7 heteroatoms. The van der Waals surface area contributed by atoms with Crippen LogP contribution in [0.2, 0.25) is 0 Å². The lowest BCUT2D eigenvalue weighted by molar-refractivity contribution is -0.145. The number of nitrogens with one attached hydrogen (secondary N) is 1. The number of hydrogen-bond donors (Lipinski definition) is 2. The van der Waals surface area contributed by atoms with Crippen LogP contribution in [0.15, 0.2) is 48.5 Å². The first-order valence-electron chi connectivity index (χ1n) is 12.0. The molecule has 2 aromatic carbocycles. The molecule has 2 aromatic rings. The maximum absolute atomic E-state index is 12.4. The van der Waals surface area contributed by atoms with Crippen LogP contribution in [0.3, 0.4) is 0 Å². The SMILES string of the molecule is CCCN(CC(=O)O)C(=O)CC1CC(CNC(=O)OCC2c3ccccc3-c3ccccc32)C1. The van der Waals surface area contributed by atoms with E-state index in [0.717, 1.165) is 19.3 Å². The Kier molecular flexibility index (Phi) is 7.50. The second-order valence-electron chi connectivity index (χ2n) is 9.32. The summed E-state index contributed by atoms with van der Waals surface area (Å²) >= 11 is 0. The van der Waals surface area contributed by atoms with Gasteiger partial charge < -0.3 is 20.1 Å². The van der Waals surface area contributed by atoms with Crippen LogP contribution < -0.4 is 5.32 Å². The lowest BCUT2D eigenvalue weighted by atomic mass is 9.73. The molecule has 0 radical (unpaired) electrons. The molecule has 2 aliphatic carbocycles. The Bertz CT molecular complexity index is 1000. The highest BCUT2D eigenvalue weighted by atomic mass is 16.5. The monoisotopic (exact) mass is 464 g/mol. The number of alkyl carbamates (subject to hydrolysis) is 1. The molecule has 2 amide bonds. The van der Waals surface area contributed by atoms with Crippen LogP contribution >= 0.6 is 0 Å². The largest absolute Gasteiger partial charge is 0.480 e. The van der Waals surface area contributed by atoms with Gasteiger partial charge in [0, 0.05) is 25.4 Å². The van der Waals surface area contributed by atoms with Gasteiger partial charge in [-0.25, -0.2) is 4.79 Å². The molecule has 0 aromatic heterocycles. The van der Waals surface area contributed by atoms with Crippen LogP contribution in [-0.4, -0.2) is 54.2 Å². The second kappa shape index (κ2) is 10.7. The van der Waals surface area contributed by atoms with E-state index in [4.69, 9.17) is 9.84 Å². The van der Waals surface area contributed by atoms with Crippen molar-refractivity contribution in [3.63, 3.8) is 0 Å². The molecule has 1 saturated carbocycles. The molecule has 2 aliphatic rings. The topological polar surface area (TPSA) is 95.9 Å². The average Bonchev–Trinajstić information content (AvgIpc) is 3.12. The first-order valence-corrected chi connectivity index (χ1v) is 12.0. The lowest BCUT2D eigenvalue weighted by Gasteiger charge is -2.36. The number of amides is 2. The summed E-state index contributed by atoms with van der Waals surface area (Å²) in [6.07, 6.45) is 2.38. The number of carboxylic acid groups (broad SMARTS) is 1. The Morgan fingerprint density at radius 1 is 1.00 bits per heavy atom. The quantitative estimate of drug-likeness (QED) is 0.548. The summed E-state index contributed by atoms with van der Waals surface area (Å²) in [4.78, 5) is 37.1. The van der Waals surface area contributed by atoms with Crippen molar-refractivity contribution in [2.45, 2.75) is 38.5 Å². The van der Waals surface area contributed by atoms with Gasteiger partial charge in [-0.3, -0.25) is 9.59 Å². The van der Waals surface area contributed by atoms with E-state index >= 15 is 0 Å². The van der Waals surface area contributed by atoms with Crippen molar-refractivity contribution in [3.8, 4) is 11.1 Å². The number of rotatable bonds is 10. The third-order valence-corrected chi connectivity index (χ3v) is 6.85. The molecule has 7 nitrogen and oxygen atoms in total. The van der Waals surface area contributed by atoms with Gasteiger partial charge in [0.2, 0.25) is 5.91 Å². The minimum Gasteiger partial charge on any atom is -0.480 e. The van der Waals surface area contributed by atoms with E-state index in [1.807, 2.05) is 31.2 Å². The van der Waals surface area contributed by atoms with E-state index in [1.54, 1.807) is 0 Å². The number of carbonyl (C=O) groups is 3. The van der Waals surface area contributed by atoms with Gasteiger partial charge in [0.1, 0.15) is 13.2 Å². The van der Waals surface area contributed by atoms with Gasteiger partial charge in [-0.05, 0) is 53.4 Å². The van der Waals surface area contributed by atoms with Crippen LogP contribution in [0.1, 0.15) is 49.7 Å². The fourth-order valence-corrected chi connectivity index (χ4v) is 5.19.